The zero-order chi connectivity index (χ0) is 19.2. The van der Waals surface area contributed by atoms with Gasteiger partial charge < -0.3 is 15.1 Å². The summed E-state index contributed by atoms with van der Waals surface area (Å²) >= 11 is 0. The van der Waals surface area contributed by atoms with Gasteiger partial charge in [-0.25, -0.2) is 4.79 Å². The number of hydrogen-bond donors (Lipinski definition) is 2. The van der Waals surface area contributed by atoms with Crippen LogP contribution in [-0.2, 0) is 17.6 Å². The van der Waals surface area contributed by atoms with Gasteiger partial charge in [-0.05, 0) is 49.8 Å². The standard InChI is InChI=1S/C21H24N2O4/c1-14-13-16(11-10-15-7-3-2-4-8-15)27-21(26)18(14)20(25)23-17-9-5-6-12-22-19(17)24/h2-4,7-8,13,17H,5-6,9-12H2,1H3,(H,22,24)(H,23,25). The van der Waals surface area contributed by atoms with Crippen LogP contribution in [0.15, 0.2) is 45.6 Å². The Bertz CT molecular complexity index is 873. The van der Waals surface area contributed by atoms with Crippen molar-refractivity contribution in [1.82, 2.24) is 10.6 Å². The molecule has 3 rings (SSSR count). The number of aryl methyl sites for hydroxylation is 3. The molecule has 1 aromatic carbocycles. The first kappa shape index (κ1) is 18.9. The number of carbonyl (C=O) groups excluding carboxylic acids is 2. The summed E-state index contributed by atoms with van der Waals surface area (Å²) in [6.45, 7) is 2.33. The molecule has 1 aliphatic heterocycles. The molecule has 1 saturated heterocycles. The predicted octanol–water partition coefficient (Wildman–Crippen LogP) is 2.13. The summed E-state index contributed by atoms with van der Waals surface area (Å²) in [7, 11) is 0. The van der Waals surface area contributed by atoms with Gasteiger partial charge in [0.1, 0.15) is 17.4 Å². The molecule has 2 amide bonds. The summed E-state index contributed by atoms with van der Waals surface area (Å²) in [6, 6.07) is 11.0. The molecule has 6 nitrogen and oxygen atoms in total. The molecule has 1 atom stereocenters. The van der Waals surface area contributed by atoms with Crippen LogP contribution in [0, 0.1) is 6.92 Å². The van der Waals surface area contributed by atoms with Gasteiger partial charge in [0.2, 0.25) is 5.91 Å². The van der Waals surface area contributed by atoms with Crippen LogP contribution in [0.3, 0.4) is 0 Å². The zero-order valence-electron chi connectivity index (χ0n) is 15.4. The third kappa shape index (κ3) is 4.84. The van der Waals surface area contributed by atoms with Crippen molar-refractivity contribution >= 4 is 11.8 Å². The van der Waals surface area contributed by atoms with Crippen LogP contribution in [0.4, 0.5) is 0 Å². The molecule has 6 heteroatoms. The lowest BCUT2D eigenvalue weighted by Crippen LogP contribution is -2.46. The Balaban J connectivity index is 1.71. The van der Waals surface area contributed by atoms with Crippen LogP contribution in [-0.4, -0.2) is 24.4 Å². The van der Waals surface area contributed by atoms with Crippen LogP contribution in [0.2, 0.25) is 0 Å². The molecule has 1 aliphatic rings. The largest absolute Gasteiger partial charge is 0.427 e. The van der Waals surface area contributed by atoms with Gasteiger partial charge in [0.15, 0.2) is 0 Å². The molecule has 2 heterocycles. The van der Waals surface area contributed by atoms with E-state index in [0.717, 1.165) is 24.8 Å². The van der Waals surface area contributed by atoms with E-state index in [1.165, 1.54) is 0 Å². The van der Waals surface area contributed by atoms with E-state index < -0.39 is 17.6 Å². The van der Waals surface area contributed by atoms with E-state index in [9.17, 15) is 14.4 Å². The molecule has 0 bridgehead atoms. The second-order valence-corrected chi connectivity index (χ2v) is 6.86. The number of nitrogens with one attached hydrogen (secondary N) is 2. The van der Waals surface area contributed by atoms with Crippen LogP contribution in [0.25, 0.3) is 0 Å². The number of hydrogen-bond acceptors (Lipinski definition) is 4. The molecule has 1 aromatic heterocycles. The fraction of sp³-hybridized carbons (Fsp3) is 0.381. The fourth-order valence-corrected chi connectivity index (χ4v) is 3.29. The van der Waals surface area contributed by atoms with Gasteiger partial charge in [-0.2, -0.15) is 0 Å². The van der Waals surface area contributed by atoms with Gasteiger partial charge in [0.05, 0.1) is 0 Å². The van der Waals surface area contributed by atoms with Crippen LogP contribution < -0.4 is 16.3 Å². The van der Waals surface area contributed by atoms with Gasteiger partial charge >= 0.3 is 5.63 Å². The van der Waals surface area contributed by atoms with Crippen molar-refractivity contribution in [1.29, 1.82) is 0 Å². The third-order valence-corrected chi connectivity index (χ3v) is 4.77. The molecule has 1 unspecified atom stereocenters. The summed E-state index contributed by atoms with van der Waals surface area (Å²) in [5, 5.41) is 5.44. The van der Waals surface area contributed by atoms with E-state index in [2.05, 4.69) is 10.6 Å². The summed E-state index contributed by atoms with van der Waals surface area (Å²) in [5.74, 6) is -0.217. The minimum absolute atomic E-state index is 0.0319. The van der Waals surface area contributed by atoms with E-state index in [-0.39, 0.29) is 11.5 Å². The zero-order valence-corrected chi connectivity index (χ0v) is 15.4. The normalized spacial score (nSPS) is 17.1. The Morgan fingerprint density at radius 3 is 2.70 bits per heavy atom. The predicted molar refractivity (Wildman–Crippen MR) is 102 cm³/mol. The molecule has 0 radical (unpaired) electrons. The summed E-state index contributed by atoms with van der Waals surface area (Å²) in [5.41, 5.74) is 1.01. The van der Waals surface area contributed by atoms with Crippen molar-refractivity contribution < 1.29 is 14.0 Å². The number of rotatable bonds is 5. The Morgan fingerprint density at radius 1 is 1.19 bits per heavy atom. The highest BCUT2D eigenvalue weighted by molar-refractivity contribution is 5.98. The molecule has 1 fully saturated rings. The van der Waals surface area contributed by atoms with Gasteiger partial charge in [-0.1, -0.05) is 30.3 Å². The quantitative estimate of drug-likeness (QED) is 0.846. The lowest BCUT2D eigenvalue weighted by molar-refractivity contribution is -0.122. The van der Waals surface area contributed by atoms with Crippen LogP contribution in [0.5, 0.6) is 0 Å². The number of carbonyl (C=O) groups is 2. The van der Waals surface area contributed by atoms with Crippen LogP contribution >= 0.6 is 0 Å². The Labute approximate surface area is 158 Å². The van der Waals surface area contributed by atoms with Crippen molar-refractivity contribution in [2.24, 2.45) is 0 Å². The second kappa shape index (κ2) is 8.66. The molecule has 142 valence electrons. The lowest BCUT2D eigenvalue weighted by Gasteiger charge is -2.15. The fourth-order valence-electron chi connectivity index (χ4n) is 3.29. The molecule has 2 aromatic rings. The molecule has 0 saturated carbocycles. The summed E-state index contributed by atoms with van der Waals surface area (Å²) < 4.78 is 5.36. The average Bonchev–Trinajstić information content (AvgIpc) is 2.85. The Hall–Kier alpha value is -2.89. The van der Waals surface area contributed by atoms with Gasteiger partial charge in [-0.3, -0.25) is 9.59 Å². The Kier molecular flexibility index (Phi) is 6.06. The second-order valence-electron chi connectivity index (χ2n) is 6.86. The van der Waals surface area contributed by atoms with E-state index in [1.807, 2.05) is 30.3 Å². The minimum Gasteiger partial charge on any atom is -0.427 e. The lowest BCUT2D eigenvalue weighted by atomic mass is 10.1. The summed E-state index contributed by atoms with van der Waals surface area (Å²) in [6.07, 6.45) is 3.62. The molecule has 2 N–H and O–H groups in total. The van der Waals surface area contributed by atoms with Crippen molar-refractivity contribution in [2.75, 3.05) is 6.54 Å². The monoisotopic (exact) mass is 368 g/mol. The van der Waals surface area contributed by atoms with Gasteiger partial charge in [0, 0.05) is 13.0 Å². The maximum absolute atomic E-state index is 12.6. The highest BCUT2D eigenvalue weighted by Crippen LogP contribution is 2.12. The molecular formula is C21H24N2O4. The smallest absolute Gasteiger partial charge is 0.349 e. The summed E-state index contributed by atoms with van der Waals surface area (Å²) in [4.78, 5) is 36.9. The van der Waals surface area contributed by atoms with Gasteiger partial charge in [-0.15, -0.1) is 0 Å². The van der Waals surface area contributed by atoms with E-state index in [0.29, 0.717) is 30.7 Å². The Morgan fingerprint density at radius 2 is 1.96 bits per heavy atom. The number of amides is 2. The van der Waals surface area contributed by atoms with E-state index in [1.54, 1.807) is 13.0 Å². The van der Waals surface area contributed by atoms with E-state index in [4.69, 9.17) is 4.42 Å². The highest BCUT2D eigenvalue weighted by Gasteiger charge is 2.25. The van der Waals surface area contributed by atoms with Crippen molar-refractivity contribution in [3.63, 3.8) is 0 Å². The minimum atomic E-state index is -0.662. The van der Waals surface area contributed by atoms with Crippen molar-refractivity contribution in [2.45, 2.75) is 45.1 Å². The van der Waals surface area contributed by atoms with E-state index >= 15 is 0 Å². The number of benzene rings is 1. The van der Waals surface area contributed by atoms with Crippen LogP contribution in [0.1, 0.15) is 46.5 Å². The maximum atomic E-state index is 12.6. The topological polar surface area (TPSA) is 88.4 Å². The average molecular weight is 368 g/mol. The first-order chi connectivity index (χ1) is 13.0. The molecule has 0 spiro atoms. The maximum Gasteiger partial charge on any atom is 0.349 e. The van der Waals surface area contributed by atoms with Crippen molar-refractivity contribution in [3.05, 3.63) is 69.3 Å². The molecule has 27 heavy (non-hydrogen) atoms. The van der Waals surface area contributed by atoms with Crippen molar-refractivity contribution in [3.8, 4) is 0 Å². The SMILES string of the molecule is Cc1cc(CCc2ccccc2)oc(=O)c1C(=O)NC1CCCCNC1=O. The highest BCUT2D eigenvalue weighted by atomic mass is 16.4. The molecule has 0 aliphatic carbocycles. The third-order valence-electron chi connectivity index (χ3n) is 4.77. The molecular weight excluding hydrogens is 344 g/mol. The first-order valence-corrected chi connectivity index (χ1v) is 9.30. The van der Waals surface area contributed by atoms with Gasteiger partial charge in [0.25, 0.3) is 5.91 Å². The first-order valence-electron chi connectivity index (χ1n) is 9.30.